The molecule has 39 heavy (non-hydrogen) atoms. The van der Waals surface area contributed by atoms with Crippen LogP contribution in [0.25, 0.3) is 60.4 Å². The first-order valence-electron chi connectivity index (χ1n) is 13.5. The minimum atomic E-state index is 0.925. The smallest absolute Gasteiger partial charge is 0.0547 e. The standard InChI is InChI=1S/C37H26N2/c1-3-11-26(12-4-1)27-13-7-8-16-30(23-27)38-22-21-32-33-25-37-34(24-28(33)19-20-35(32)38)31-17-9-10-18-36(31)39(37)29-14-5-2-6-15-29/h1-6,8-25H,7H2. The Kier molecular flexibility index (Phi) is 4.92. The van der Waals surface area contributed by atoms with Crippen molar-refractivity contribution in [3.8, 4) is 5.69 Å². The number of benzene rings is 5. The Balaban J connectivity index is 1.36. The largest absolute Gasteiger partial charge is 0.317 e. The lowest BCUT2D eigenvalue weighted by Gasteiger charge is -2.10. The van der Waals surface area contributed by atoms with Gasteiger partial charge < -0.3 is 9.13 Å². The van der Waals surface area contributed by atoms with Gasteiger partial charge in [-0.2, -0.15) is 0 Å². The Morgan fingerprint density at radius 1 is 0.564 bits per heavy atom. The van der Waals surface area contributed by atoms with E-state index in [0.717, 1.165) is 6.42 Å². The minimum absolute atomic E-state index is 0.925. The van der Waals surface area contributed by atoms with Crippen LogP contribution in [0, 0.1) is 0 Å². The maximum absolute atomic E-state index is 2.40. The van der Waals surface area contributed by atoms with E-state index in [9.17, 15) is 0 Å². The first-order valence-corrected chi connectivity index (χ1v) is 13.5. The predicted molar refractivity (Wildman–Crippen MR) is 166 cm³/mol. The lowest BCUT2D eigenvalue weighted by atomic mass is 10.0. The third-order valence-electron chi connectivity index (χ3n) is 7.95. The van der Waals surface area contributed by atoms with Gasteiger partial charge >= 0.3 is 0 Å². The highest BCUT2D eigenvalue weighted by atomic mass is 15.0. The summed E-state index contributed by atoms with van der Waals surface area (Å²) >= 11 is 0. The van der Waals surface area contributed by atoms with Crippen molar-refractivity contribution in [2.75, 3.05) is 0 Å². The summed E-state index contributed by atoms with van der Waals surface area (Å²) in [5.41, 5.74) is 8.55. The average Bonchev–Trinajstić information content (AvgIpc) is 3.47. The van der Waals surface area contributed by atoms with Crippen LogP contribution >= 0.6 is 0 Å². The van der Waals surface area contributed by atoms with E-state index >= 15 is 0 Å². The Hall–Kier alpha value is -5.08. The molecule has 8 rings (SSSR count). The van der Waals surface area contributed by atoms with Gasteiger partial charge in [0.2, 0.25) is 0 Å². The highest BCUT2D eigenvalue weighted by Gasteiger charge is 2.15. The molecule has 1 aliphatic carbocycles. The first-order chi connectivity index (χ1) is 19.3. The average molecular weight is 499 g/mol. The van der Waals surface area contributed by atoms with Crippen molar-refractivity contribution in [3.05, 3.63) is 151 Å². The molecule has 0 saturated carbocycles. The topological polar surface area (TPSA) is 9.86 Å². The molecule has 2 nitrogen and oxygen atoms in total. The second-order valence-corrected chi connectivity index (χ2v) is 10.2. The van der Waals surface area contributed by atoms with Gasteiger partial charge in [0.05, 0.1) is 16.6 Å². The number of hydrogen-bond donors (Lipinski definition) is 0. The van der Waals surface area contributed by atoms with Gasteiger partial charge in [0.15, 0.2) is 0 Å². The SMILES string of the molecule is C1=CC(n2ccc3c4cc5c(cc4ccc32)c2ccccc2n5-c2ccccc2)=CC(c2ccccc2)=CC1. The molecule has 0 saturated heterocycles. The number of nitrogens with zero attached hydrogens (tertiary/aromatic N) is 2. The molecular weight excluding hydrogens is 472 g/mol. The van der Waals surface area contributed by atoms with E-state index < -0.39 is 0 Å². The summed E-state index contributed by atoms with van der Waals surface area (Å²) in [6.45, 7) is 0. The van der Waals surface area contributed by atoms with Crippen LogP contribution in [0.3, 0.4) is 0 Å². The van der Waals surface area contributed by atoms with Crippen LogP contribution in [0.15, 0.2) is 146 Å². The molecule has 0 radical (unpaired) electrons. The third kappa shape index (κ3) is 3.49. The molecule has 0 aliphatic heterocycles. The molecule has 7 aromatic rings. The van der Waals surface area contributed by atoms with Crippen LogP contribution in [0.5, 0.6) is 0 Å². The predicted octanol–water partition coefficient (Wildman–Crippen LogP) is 9.78. The van der Waals surface area contributed by atoms with Gasteiger partial charge in [0.1, 0.15) is 0 Å². The summed E-state index contributed by atoms with van der Waals surface area (Å²) in [6, 6.07) is 41.6. The van der Waals surface area contributed by atoms with Crippen LogP contribution in [0.2, 0.25) is 0 Å². The molecule has 2 heteroatoms. The third-order valence-corrected chi connectivity index (χ3v) is 7.95. The number of para-hydroxylation sites is 2. The van der Waals surface area contributed by atoms with Crippen LogP contribution < -0.4 is 0 Å². The van der Waals surface area contributed by atoms with Crippen LogP contribution in [-0.2, 0) is 0 Å². The van der Waals surface area contributed by atoms with Gasteiger partial charge in [-0.1, -0.05) is 84.9 Å². The van der Waals surface area contributed by atoms with Crippen LogP contribution in [0.1, 0.15) is 12.0 Å². The second kappa shape index (κ2) is 8.75. The number of aromatic nitrogens is 2. The molecule has 184 valence electrons. The van der Waals surface area contributed by atoms with E-state index in [1.165, 1.54) is 66.0 Å². The van der Waals surface area contributed by atoms with Crippen LogP contribution in [0.4, 0.5) is 0 Å². The lowest BCUT2D eigenvalue weighted by molar-refractivity contribution is 1.18. The van der Waals surface area contributed by atoms with Crippen molar-refractivity contribution in [1.29, 1.82) is 0 Å². The fourth-order valence-electron chi connectivity index (χ4n) is 6.13. The normalized spacial score (nSPS) is 13.7. The lowest BCUT2D eigenvalue weighted by Crippen LogP contribution is -1.94. The summed E-state index contributed by atoms with van der Waals surface area (Å²) in [6.07, 6.45) is 12.2. The molecular formula is C37H26N2. The molecule has 5 aromatic carbocycles. The molecule has 2 aromatic heterocycles. The summed E-state index contributed by atoms with van der Waals surface area (Å²) in [5.74, 6) is 0. The molecule has 2 heterocycles. The van der Waals surface area contributed by atoms with E-state index in [2.05, 4.69) is 155 Å². The van der Waals surface area contributed by atoms with Gasteiger partial charge in [0, 0.05) is 33.7 Å². The zero-order valence-corrected chi connectivity index (χ0v) is 21.5. The van der Waals surface area contributed by atoms with Gasteiger partial charge in [-0.25, -0.2) is 0 Å². The monoisotopic (exact) mass is 498 g/mol. The van der Waals surface area contributed by atoms with Crippen molar-refractivity contribution < 1.29 is 0 Å². The van der Waals surface area contributed by atoms with E-state index in [4.69, 9.17) is 0 Å². The van der Waals surface area contributed by atoms with Gasteiger partial charge in [-0.05, 0) is 82.9 Å². The number of fused-ring (bicyclic) bond motifs is 6. The minimum Gasteiger partial charge on any atom is -0.317 e. The number of hydrogen-bond acceptors (Lipinski definition) is 0. The molecule has 0 unspecified atom stereocenters. The van der Waals surface area contributed by atoms with Crippen molar-refractivity contribution in [3.63, 3.8) is 0 Å². The summed E-state index contributed by atoms with van der Waals surface area (Å²) < 4.78 is 4.72. The molecule has 0 N–H and O–H groups in total. The first kappa shape index (κ1) is 22.0. The van der Waals surface area contributed by atoms with Crippen molar-refractivity contribution in [2.45, 2.75) is 6.42 Å². The van der Waals surface area contributed by atoms with Crippen molar-refractivity contribution in [2.24, 2.45) is 0 Å². The van der Waals surface area contributed by atoms with Gasteiger partial charge in [-0.15, -0.1) is 0 Å². The second-order valence-electron chi connectivity index (χ2n) is 10.2. The summed E-state index contributed by atoms with van der Waals surface area (Å²) in [5, 5.41) is 6.37. The Bertz CT molecular complexity index is 2120. The molecule has 0 amide bonds. The molecule has 1 aliphatic rings. The maximum atomic E-state index is 2.40. The highest BCUT2D eigenvalue weighted by molar-refractivity contribution is 6.18. The maximum Gasteiger partial charge on any atom is 0.0547 e. The van der Waals surface area contributed by atoms with Gasteiger partial charge in [0.25, 0.3) is 0 Å². The summed E-state index contributed by atoms with van der Waals surface area (Å²) in [4.78, 5) is 0. The van der Waals surface area contributed by atoms with E-state index in [1.807, 2.05) is 0 Å². The molecule has 0 spiro atoms. The number of allylic oxidation sites excluding steroid dienone is 6. The number of rotatable bonds is 3. The molecule has 0 bridgehead atoms. The molecule has 0 atom stereocenters. The van der Waals surface area contributed by atoms with Crippen molar-refractivity contribution >= 4 is 54.8 Å². The highest BCUT2D eigenvalue weighted by Crippen LogP contribution is 2.38. The zero-order valence-electron chi connectivity index (χ0n) is 21.5. The zero-order chi connectivity index (χ0) is 25.8. The van der Waals surface area contributed by atoms with Crippen LogP contribution in [-0.4, -0.2) is 9.13 Å². The quantitative estimate of drug-likeness (QED) is 0.229. The van der Waals surface area contributed by atoms with Gasteiger partial charge in [-0.3, -0.25) is 0 Å². The fraction of sp³-hybridized carbons (Fsp3) is 0.0270. The Labute approximate surface area is 227 Å². The van der Waals surface area contributed by atoms with Crippen molar-refractivity contribution in [1.82, 2.24) is 9.13 Å². The molecule has 0 fully saturated rings. The Morgan fingerprint density at radius 2 is 1.33 bits per heavy atom. The fourth-order valence-corrected chi connectivity index (χ4v) is 6.13. The Morgan fingerprint density at radius 3 is 2.21 bits per heavy atom. The van der Waals surface area contributed by atoms with E-state index in [-0.39, 0.29) is 0 Å². The van der Waals surface area contributed by atoms with E-state index in [0.29, 0.717) is 0 Å². The van der Waals surface area contributed by atoms with E-state index in [1.54, 1.807) is 0 Å². The summed E-state index contributed by atoms with van der Waals surface area (Å²) in [7, 11) is 0.